The smallest absolute Gasteiger partial charge is 0.319 e. The Morgan fingerprint density at radius 1 is 1.30 bits per heavy atom. The van der Waals surface area contributed by atoms with E-state index in [9.17, 15) is 4.79 Å². The Labute approximate surface area is 120 Å². The van der Waals surface area contributed by atoms with E-state index in [0.29, 0.717) is 17.4 Å². The van der Waals surface area contributed by atoms with Crippen molar-refractivity contribution in [2.75, 3.05) is 12.4 Å². The molecule has 1 fully saturated rings. The van der Waals surface area contributed by atoms with Crippen molar-refractivity contribution in [3.63, 3.8) is 0 Å². The van der Waals surface area contributed by atoms with Crippen molar-refractivity contribution in [2.45, 2.75) is 45.6 Å². The summed E-state index contributed by atoms with van der Waals surface area (Å²) in [7, 11) is 1.61. The molecule has 110 valence electrons. The molecule has 1 saturated carbocycles. The lowest BCUT2D eigenvalue weighted by Crippen LogP contribution is -2.43. The summed E-state index contributed by atoms with van der Waals surface area (Å²) in [5.41, 5.74) is 1.81. The maximum Gasteiger partial charge on any atom is 0.319 e. The van der Waals surface area contributed by atoms with Crippen LogP contribution in [0.4, 0.5) is 10.5 Å². The first-order chi connectivity index (χ1) is 9.60. The largest absolute Gasteiger partial charge is 0.495 e. The minimum absolute atomic E-state index is 0.146. The SMILES string of the molecule is COc1ccc(C)cc1NC(=O)N[C@H]1CCCC[C@H]1C. The quantitative estimate of drug-likeness (QED) is 0.884. The van der Waals surface area contributed by atoms with Gasteiger partial charge in [-0.25, -0.2) is 4.79 Å². The van der Waals surface area contributed by atoms with E-state index in [0.717, 1.165) is 12.0 Å². The number of hydrogen-bond acceptors (Lipinski definition) is 2. The molecule has 4 nitrogen and oxygen atoms in total. The molecule has 0 saturated heterocycles. The van der Waals surface area contributed by atoms with Crippen molar-refractivity contribution >= 4 is 11.7 Å². The molecule has 0 spiro atoms. The second-order valence-electron chi connectivity index (χ2n) is 5.67. The van der Waals surface area contributed by atoms with Crippen molar-refractivity contribution < 1.29 is 9.53 Å². The third kappa shape index (κ3) is 3.65. The third-order valence-corrected chi connectivity index (χ3v) is 4.03. The lowest BCUT2D eigenvalue weighted by Gasteiger charge is -2.29. The molecule has 0 aliphatic heterocycles. The average molecular weight is 276 g/mol. The number of nitrogens with one attached hydrogen (secondary N) is 2. The molecule has 2 amide bonds. The number of hydrogen-bond donors (Lipinski definition) is 2. The van der Waals surface area contributed by atoms with Gasteiger partial charge in [-0.05, 0) is 43.4 Å². The van der Waals surface area contributed by atoms with Gasteiger partial charge in [-0.15, -0.1) is 0 Å². The zero-order valence-corrected chi connectivity index (χ0v) is 12.5. The number of urea groups is 1. The molecular formula is C16H24N2O2. The highest BCUT2D eigenvalue weighted by molar-refractivity contribution is 5.91. The van der Waals surface area contributed by atoms with Crippen LogP contribution in [0.3, 0.4) is 0 Å². The van der Waals surface area contributed by atoms with Crippen LogP contribution in [0.1, 0.15) is 38.2 Å². The first-order valence-electron chi connectivity index (χ1n) is 7.32. The molecule has 2 atom stereocenters. The number of ether oxygens (including phenoxy) is 1. The van der Waals surface area contributed by atoms with Gasteiger partial charge >= 0.3 is 6.03 Å². The maximum atomic E-state index is 12.1. The monoisotopic (exact) mass is 276 g/mol. The van der Waals surface area contributed by atoms with Crippen LogP contribution < -0.4 is 15.4 Å². The number of benzene rings is 1. The van der Waals surface area contributed by atoms with Gasteiger partial charge in [-0.3, -0.25) is 0 Å². The van der Waals surface area contributed by atoms with Crippen LogP contribution in [0.15, 0.2) is 18.2 Å². The number of anilines is 1. The molecule has 1 aliphatic rings. The van der Waals surface area contributed by atoms with E-state index in [1.165, 1.54) is 19.3 Å². The van der Waals surface area contributed by atoms with E-state index in [-0.39, 0.29) is 12.1 Å². The summed E-state index contributed by atoms with van der Waals surface area (Å²) in [6.07, 6.45) is 4.73. The Bertz CT molecular complexity index is 474. The maximum absolute atomic E-state index is 12.1. The molecule has 1 aromatic carbocycles. The third-order valence-electron chi connectivity index (χ3n) is 4.03. The number of amides is 2. The summed E-state index contributed by atoms with van der Waals surface area (Å²) in [6.45, 7) is 4.20. The van der Waals surface area contributed by atoms with Gasteiger partial charge in [0, 0.05) is 6.04 Å². The molecule has 0 bridgehead atoms. The summed E-state index contributed by atoms with van der Waals surface area (Å²) in [6, 6.07) is 5.88. The van der Waals surface area contributed by atoms with Crippen molar-refractivity contribution in [2.24, 2.45) is 5.92 Å². The van der Waals surface area contributed by atoms with Crippen LogP contribution in [0.2, 0.25) is 0 Å². The Hall–Kier alpha value is -1.71. The molecule has 1 aromatic rings. The molecule has 0 unspecified atom stereocenters. The minimum Gasteiger partial charge on any atom is -0.495 e. The zero-order valence-electron chi connectivity index (χ0n) is 12.5. The highest BCUT2D eigenvalue weighted by Gasteiger charge is 2.23. The molecular weight excluding hydrogens is 252 g/mol. The van der Waals surface area contributed by atoms with E-state index < -0.39 is 0 Å². The molecule has 2 rings (SSSR count). The fraction of sp³-hybridized carbons (Fsp3) is 0.562. The molecule has 0 radical (unpaired) electrons. The Morgan fingerprint density at radius 2 is 2.05 bits per heavy atom. The number of carbonyl (C=O) groups excluding carboxylic acids is 1. The lowest BCUT2D eigenvalue weighted by molar-refractivity contribution is 0.232. The molecule has 0 aromatic heterocycles. The number of rotatable bonds is 3. The molecule has 0 heterocycles. The molecule has 1 aliphatic carbocycles. The number of aryl methyl sites for hydroxylation is 1. The molecule has 20 heavy (non-hydrogen) atoms. The van der Waals surface area contributed by atoms with Gasteiger partial charge < -0.3 is 15.4 Å². The van der Waals surface area contributed by atoms with Gasteiger partial charge in [0.05, 0.1) is 12.8 Å². The number of methoxy groups -OCH3 is 1. The van der Waals surface area contributed by atoms with Crippen molar-refractivity contribution in [1.29, 1.82) is 0 Å². The van der Waals surface area contributed by atoms with Gasteiger partial charge in [0.2, 0.25) is 0 Å². The molecule has 4 heteroatoms. The zero-order chi connectivity index (χ0) is 14.5. The Balaban J connectivity index is 1.99. The highest BCUT2D eigenvalue weighted by Crippen LogP contribution is 2.26. The predicted molar refractivity (Wildman–Crippen MR) is 81.3 cm³/mol. The van der Waals surface area contributed by atoms with Crippen molar-refractivity contribution in [3.05, 3.63) is 23.8 Å². The Kier molecular flexibility index (Phi) is 4.88. The van der Waals surface area contributed by atoms with Crippen molar-refractivity contribution in [1.82, 2.24) is 5.32 Å². The van der Waals surface area contributed by atoms with E-state index in [4.69, 9.17) is 4.74 Å². The van der Waals surface area contributed by atoms with Crippen LogP contribution in [0.5, 0.6) is 5.75 Å². The fourth-order valence-electron chi connectivity index (χ4n) is 2.78. The first-order valence-corrected chi connectivity index (χ1v) is 7.32. The second-order valence-corrected chi connectivity index (χ2v) is 5.67. The van der Waals surface area contributed by atoms with E-state index in [1.807, 2.05) is 25.1 Å². The highest BCUT2D eigenvalue weighted by atomic mass is 16.5. The summed E-state index contributed by atoms with van der Waals surface area (Å²) < 4.78 is 5.27. The van der Waals surface area contributed by atoms with Crippen LogP contribution in [-0.2, 0) is 0 Å². The van der Waals surface area contributed by atoms with E-state index in [1.54, 1.807) is 7.11 Å². The summed E-state index contributed by atoms with van der Waals surface area (Å²) in [5.74, 6) is 1.23. The topological polar surface area (TPSA) is 50.4 Å². The molecule has 2 N–H and O–H groups in total. The Morgan fingerprint density at radius 3 is 2.75 bits per heavy atom. The van der Waals surface area contributed by atoms with Gasteiger partial charge in [0.15, 0.2) is 0 Å². The fourth-order valence-corrected chi connectivity index (χ4v) is 2.78. The van der Waals surface area contributed by atoms with Gasteiger partial charge in [-0.2, -0.15) is 0 Å². The van der Waals surface area contributed by atoms with Gasteiger partial charge in [0.1, 0.15) is 5.75 Å². The average Bonchev–Trinajstić information content (AvgIpc) is 2.41. The standard InChI is InChI=1S/C16H24N2O2/c1-11-8-9-15(20-3)14(10-11)18-16(19)17-13-7-5-4-6-12(13)2/h8-10,12-13H,4-7H2,1-3H3,(H2,17,18,19)/t12-,13+/m1/s1. The van der Waals surface area contributed by atoms with Gasteiger partial charge in [-0.1, -0.05) is 25.8 Å². The van der Waals surface area contributed by atoms with E-state index >= 15 is 0 Å². The van der Waals surface area contributed by atoms with Crippen molar-refractivity contribution in [3.8, 4) is 5.75 Å². The summed E-state index contributed by atoms with van der Waals surface area (Å²) in [4.78, 5) is 12.1. The minimum atomic E-state index is -0.146. The number of carbonyl (C=O) groups is 1. The normalized spacial score (nSPS) is 22.1. The van der Waals surface area contributed by atoms with Gasteiger partial charge in [0.25, 0.3) is 0 Å². The van der Waals surface area contributed by atoms with Crippen LogP contribution >= 0.6 is 0 Å². The summed E-state index contributed by atoms with van der Waals surface area (Å²) in [5, 5.41) is 5.98. The van der Waals surface area contributed by atoms with Crippen LogP contribution in [0.25, 0.3) is 0 Å². The lowest BCUT2D eigenvalue weighted by atomic mass is 9.86. The summed E-state index contributed by atoms with van der Waals surface area (Å²) >= 11 is 0. The van der Waals surface area contributed by atoms with Crippen LogP contribution in [0, 0.1) is 12.8 Å². The second kappa shape index (κ2) is 6.64. The van der Waals surface area contributed by atoms with Crippen LogP contribution in [-0.4, -0.2) is 19.2 Å². The van der Waals surface area contributed by atoms with E-state index in [2.05, 4.69) is 17.6 Å². The predicted octanol–water partition coefficient (Wildman–Crippen LogP) is 3.70. The first kappa shape index (κ1) is 14.7.